The van der Waals surface area contributed by atoms with E-state index in [4.69, 9.17) is 9.73 Å². The van der Waals surface area contributed by atoms with Gasteiger partial charge in [0.25, 0.3) is 0 Å². The third-order valence-electron chi connectivity index (χ3n) is 4.20. The number of nitrogens with one attached hydrogen (secondary N) is 3. The summed E-state index contributed by atoms with van der Waals surface area (Å²) in [7, 11) is 0. The van der Waals surface area contributed by atoms with Gasteiger partial charge < -0.3 is 15.4 Å². The molecule has 1 aromatic carbocycles. The summed E-state index contributed by atoms with van der Waals surface area (Å²) in [4.78, 5) is 11.3. The Labute approximate surface area is 154 Å². The highest BCUT2D eigenvalue weighted by Crippen LogP contribution is 2.15. The van der Waals surface area contributed by atoms with Crippen molar-refractivity contribution < 1.29 is 4.74 Å². The Hall–Kier alpha value is -2.45. The highest BCUT2D eigenvalue weighted by molar-refractivity contribution is 5.79. The van der Waals surface area contributed by atoms with E-state index in [1.165, 1.54) is 6.33 Å². The number of ether oxygens (including phenoxy) is 1. The second-order valence-electron chi connectivity index (χ2n) is 6.11. The van der Waals surface area contributed by atoms with Crippen LogP contribution in [0.3, 0.4) is 0 Å². The number of benzene rings is 1. The first-order valence-corrected chi connectivity index (χ1v) is 9.12. The number of hydrogen-bond donors (Lipinski definition) is 3. The summed E-state index contributed by atoms with van der Waals surface area (Å²) in [6.07, 6.45) is 1.52. The molecular formula is C18H27N7O. The van der Waals surface area contributed by atoms with E-state index in [-0.39, 0.29) is 0 Å². The quantitative estimate of drug-likeness (QED) is 0.503. The number of aromatic amines is 1. The Morgan fingerprint density at radius 3 is 2.96 bits per heavy atom. The molecule has 0 amide bonds. The van der Waals surface area contributed by atoms with Crippen LogP contribution in [-0.2, 0) is 11.3 Å². The lowest BCUT2D eigenvalue weighted by atomic mass is 10.1. The first-order valence-electron chi connectivity index (χ1n) is 9.12. The van der Waals surface area contributed by atoms with Crippen molar-refractivity contribution in [3.05, 3.63) is 36.2 Å². The van der Waals surface area contributed by atoms with Crippen LogP contribution in [-0.4, -0.2) is 72.0 Å². The zero-order chi connectivity index (χ0) is 18.0. The number of aliphatic imine (C=N–C) groups is 1. The van der Waals surface area contributed by atoms with Crippen LogP contribution >= 0.6 is 0 Å². The number of guanidine groups is 1. The Kier molecular flexibility index (Phi) is 6.97. The summed E-state index contributed by atoms with van der Waals surface area (Å²) < 4.78 is 5.38. The molecule has 2 aromatic rings. The van der Waals surface area contributed by atoms with Gasteiger partial charge in [0.05, 0.1) is 19.8 Å². The number of rotatable bonds is 7. The highest BCUT2D eigenvalue weighted by Gasteiger charge is 2.09. The number of nitrogens with zero attached hydrogens (tertiary/aromatic N) is 4. The monoisotopic (exact) mass is 357 g/mol. The number of hydrogen-bond acceptors (Lipinski definition) is 5. The van der Waals surface area contributed by atoms with Gasteiger partial charge in [0.1, 0.15) is 6.33 Å². The number of H-pyrrole nitrogens is 1. The molecule has 0 aliphatic carbocycles. The first kappa shape index (κ1) is 18.3. The van der Waals surface area contributed by atoms with Crippen LogP contribution in [0.4, 0.5) is 0 Å². The molecule has 8 heteroatoms. The molecule has 0 atom stereocenters. The van der Waals surface area contributed by atoms with Gasteiger partial charge in [0.15, 0.2) is 11.8 Å². The molecule has 0 spiro atoms. The summed E-state index contributed by atoms with van der Waals surface area (Å²) in [5, 5.41) is 13.5. The lowest BCUT2D eigenvalue weighted by Crippen LogP contribution is -2.44. The minimum atomic E-state index is 0.606. The maximum atomic E-state index is 5.38. The van der Waals surface area contributed by atoms with E-state index in [1.54, 1.807) is 0 Å². The minimum Gasteiger partial charge on any atom is -0.379 e. The number of morpholine rings is 1. The fourth-order valence-corrected chi connectivity index (χ4v) is 2.83. The highest BCUT2D eigenvalue weighted by atomic mass is 16.5. The fraction of sp³-hybridized carbons (Fsp3) is 0.500. The Morgan fingerprint density at radius 2 is 2.19 bits per heavy atom. The third kappa shape index (κ3) is 5.53. The Balaban J connectivity index is 1.54. The summed E-state index contributed by atoms with van der Waals surface area (Å²) in [5.41, 5.74) is 2.14. The maximum Gasteiger partial charge on any atom is 0.191 e. The normalized spacial score (nSPS) is 15.8. The molecule has 1 aliphatic heterocycles. The topological polar surface area (TPSA) is 90.5 Å². The van der Waals surface area contributed by atoms with Crippen molar-refractivity contribution in [3.63, 3.8) is 0 Å². The van der Waals surface area contributed by atoms with Crippen LogP contribution < -0.4 is 10.6 Å². The van der Waals surface area contributed by atoms with Crippen molar-refractivity contribution >= 4 is 5.96 Å². The lowest BCUT2D eigenvalue weighted by molar-refractivity contribution is 0.0389. The zero-order valence-corrected chi connectivity index (χ0v) is 15.2. The SMILES string of the molecule is CCNC(=NCc1cccc(-c2ncn[nH]2)c1)NCCN1CCOCC1. The van der Waals surface area contributed by atoms with Crippen molar-refractivity contribution in [2.45, 2.75) is 13.5 Å². The molecule has 1 aromatic heterocycles. The molecule has 2 heterocycles. The van der Waals surface area contributed by atoms with E-state index < -0.39 is 0 Å². The molecule has 0 unspecified atom stereocenters. The molecule has 0 radical (unpaired) electrons. The summed E-state index contributed by atoms with van der Waals surface area (Å²) >= 11 is 0. The van der Waals surface area contributed by atoms with Crippen molar-refractivity contribution in [3.8, 4) is 11.4 Å². The van der Waals surface area contributed by atoms with Gasteiger partial charge in [-0.15, -0.1) is 0 Å². The molecule has 3 N–H and O–H groups in total. The van der Waals surface area contributed by atoms with E-state index in [2.05, 4.69) is 49.8 Å². The van der Waals surface area contributed by atoms with Crippen LogP contribution in [0.5, 0.6) is 0 Å². The van der Waals surface area contributed by atoms with Crippen LogP contribution in [0.2, 0.25) is 0 Å². The van der Waals surface area contributed by atoms with Gasteiger partial charge in [-0.05, 0) is 18.6 Å². The standard InChI is InChI=1S/C18H27N7O/c1-2-19-18(20-6-7-25-8-10-26-11-9-25)21-13-15-4-3-5-16(12-15)17-22-14-23-24-17/h3-5,12,14H,2,6-11,13H2,1H3,(H2,19,20,21)(H,22,23,24). The third-order valence-corrected chi connectivity index (χ3v) is 4.20. The molecule has 1 fully saturated rings. The predicted octanol–water partition coefficient (Wildman–Crippen LogP) is 0.859. The van der Waals surface area contributed by atoms with Crippen molar-refractivity contribution in [1.29, 1.82) is 0 Å². The lowest BCUT2D eigenvalue weighted by Gasteiger charge is -2.26. The first-order chi connectivity index (χ1) is 12.8. The minimum absolute atomic E-state index is 0.606. The van der Waals surface area contributed by atoms with Crippen molar-refractivity contribution in [2.24, 2.45) is 4.99 Å². The van der Waals surface area contributed by atoms with E-state index in [1.807, 2.05) is 12.1 Å². The van der Waals surface area contributed by atoms with E-state index >= 15 is 0 Å². The van der Waals surface area contributed by atoms with Crippen LogP contribution in [0, 0.1) is 0 Å². The summed E-state index contributed by atoms with van der Waals surface area (Å²) in [6, 6.07) is 8.18. The molecule has 140 valence electrons. The van der Waals surface area contributed by atoms with Gasteiger partial charge in [0.2, 0.25) is 0 Å². The van der Waals surface area contributed by atoms with Crippen LogP contribution in [0.15, 0.2) is 35.6 Å². The molecule has 1 aliphatic rings. The van der Waals surface area contributed by atoms with Gasteiger partial charge in [0, 0.05) is 38.3 Å². The molecule has 1 saturated heterocycles. The molecule has 3 rings (SSSR count). The van der Waals surface area contributed by atoms with Gasteiger partial charge in [-0.2, -0.15) is 5.10 Å². The van der Waals surface area contributed by atoms with Gasteiger partial charge in [-0.3, -0.25) is 10.00 Å². The van der Waals surface area contributed by atoms with E-state index in [0.717, 1.165) is 68.8 Å². The van der Waals surface area contributed by atoms with Gasteiger partial charge >= 0.3 is 0 Å². The second-order valence-corrected chi connectivity index (χ2v) is 6.11. The van der Waals surface area contributed by atoms with Gasteiger partial charge in [-0.1, -0.05) is 18.2 Å². The van der Waals surface area contributed by atoms with E-state index in [0.29, 0.717) is 6.54 Å². The summed E-state index contributed by atoms with van der Waals surface area (Å²) in [6.45, 7) is 9.04. The zero-order valence-electron chi connectivity index (χ0n) is 15.2. The molecule has 0 saturated carbocycles. The average Bonchev–Trinajstić information content (AvgIpc) is 3.22. The second kappa shape index (κ2) is 9.88. The Bertz CT molecular complexity index is 681. The van der Waals surface area contributed by atoms with Crippen molar-refractivity contribution in [1.82, 2.24) is 30.7 Å². The van der Waals surface area contributed by atoms with E-state index in [9.17, 15) is 0 Å². The largest absolute Gasteiger partial charge is 0.379 e. The van der Waals surface area contributed by atoms with Crippen LogP contribution in [0.1, 0.15) is 12.5 Å². The molecule has 0 bridgehead atoms. The molecule has 26 heavy (non-hydrogen) atoms. The fourth-order valence-electron chi connectivity index (χ4n) is 2.83. The Morgan fingerprint density at radius 1 is 1.31 bits per heavy atom. The van der Waals surface area contributed by atoms with Crippen LogP contribution in [0.25, 0.3) is 11.4 Å². The molecular weight excluding hydrogens is 330 g/mol. The van der Waals surface area contributed by atoms with Crippen molar-refractivity contribution in [2.75, 3.05) is 45.9 Å². The molecule has 8 nitrogen and oxygen atoms in total. The average molecular weight is 357 g/mol. The predicted molar refractivity (Wildman–Crippen MR) is 102 cm³/mol. The van der Waals surface area contributed by atoms with Gasteiger partial charge in [-0.25, -0.2) is 9.98 Å². The summed E-state index contributed by atoms with van der Waals surface area (Å²) in [5.74, 6) is 1.61. The number of aromatic nitrogens is 3. The maximum absolute atomic E-state index is 5.38. The smallest absolute Gasteiger partial charge is 0.191 e.